The van der Waals surface area contributed by atoms with Crippen LogP contribution in [0.25, 0.3) is 0 Å². The van der Waals surface area contributed by atoms with Crippen LogP contribution >= 0.6 is 13.0 Å². The Balaban J connectivity index is 1.78. The van der Waals surface area contributed by atoms with E-state index < -0.39 is 13.7 Å². The predicted octanol–water partition coefficient (Wildman–Crippen LogP) is 8.30. The van der Waals surface area contributed by atoms with E-state index in [9.17, 15) is 0 Å². The zero-order valence-corrected chi connectivity index (χ0v) is 22.7. The minimum absolute atomic E-state index is 1.19. The van der Waals surface area contributed by atoms with E-state index in [1.807, 2.05) is 0 Å². The Morgan fingerprint density at radius 1 is 0.469 bits per heavy atom. The fourth-order valence-electron chi connectivity index (χ4n) is 4.15. The van der Waals surface area contributed by atoms with Gasteiger partial charge >= 0.3 is 205 Å². The zero-order chi connectivity index (χ0) is 22.6. The van der Waals surface area contributed by atoms with Crippen LogP contribution in [0, 0.1) is 0 Å². The van der Waals surface area contributed by atoms with Gasteiger partial charge < -0.3 is 0 Å². The van der Waals surface area contributed by atoms with Gasteiger partial charge in [0.25, 0.3) is 0 Å². The second-order valence-corrected chi connectivity index (χ2v) is 21.9. The summed E-state index contributed by atoms with van der Waals surface area (Å²) in [7, 11) is 0. The van der Waals surface area contributed by atoms with Gasteiger partial charge in [0.2, 0.25) is 0 Å². The number of hydrogen-bond acceptors (Lipinski definition) is 0. The van der Waals surface area contributed by atoms with E-state index in [1.54, 1.807) is 0 Å². The molecule has 3 rings (SSSR count). The van der Waals surface area contributed by atoms with Crippen LogP contribution in [0.15, 0.2) is 91.0 Å². The van der Waals surface area contributed by atoms with Crippen molar-refractivity contribution in [2.45, 2.75) is 75.8 Å². The molecule has 0 fully saturated rings. The van der Waals surface area contributed by atoms with Crippen LogP contribution in [0.2, 0.25) is 4.64 Å². The number of rotatable bonds is 14. The van der Waals surface area contributed by atoms with Gasteiger partial charge in [-0.1, -0.05) is 0 Å². The first-order valence-corrected chi connectivity index (χ1v) is 18.9. The topological polar surface area (TPSA) is 0 Å². The number of hydrogen-bond donors (Lipinski definition) is 0. The molecule has 0 aromatic heterocycles. The van der Waals surface area contributed by atoms with Crippen molar-refractivity contribution in [2.75, 3.05) is 0 Å². The first-order valence-electron chi connectivity index (χ1n) is 12.2. The minimum atomic E-state index is -3.06. The molecule has 0 heterocycles. The predicted molar refractivity (Wildman–Crippen MR) is 144 cm³/mol. The average Bonchev–Trinajstić information content (AvgIpc) is 2.87. The molecular weight excluding hydrogens is 548 g/mol. The van der Waals surface area contributed by atoms with Gasteiger partial charge in [-0.25, -0.2) is 0 Å². The summed E-state index contributed by atoms with van der Waals surface area (Å²) in [5.41, 5.74) is 0. The molecule has 3 aromatic carbocycles. The van der Waals surface area contributed by atoms with E-state index in [-0.39, 0.29) is 0 Å². The Hall–Kier alpha value is -1.12. The summed E-state index contributed by atoms with van der Waals surface area (Å²) in [5.74, 6) is 0. The Morgan fingerprint density at radius 2 is 0.781 bits per heavy atom. The Labute approximate surface area is 203 Å². The van der Waals surface area contributed by atoms with Crippen molar-refractivity contribution in [1.29, 1.82) is 0 Å². The molecule has 0 N–H and O–H groups in total. The van der Waals surface area contributed by atoms with Crippen LogP contribution in [0.1, 0.15) is 71.1 Å². The maximum absolute atomic E-state index is 4.59. The molecule has 0 saturated heterocycles. The van der Waals surface area contributed by atoms with E-state index in [0.717, 1.165) is 0 Å². The summed E-state index contributed by atoms with van der Waals surface area (Å²) in [4.78, 5) is 0. The van der Waals surface area contributed by atoms with Gasteiger partial charge in [0.15, 0.2) is 0 Å². The van der Waals surface area contributed by atoms with Gasteiger partial charge in [0.05, 0.1) is 0 Å². The Kier molecular flexibility index (Phi) is 10.3. The first kappa shape index (κ1) is 25.5. The van der Waals surface area contributed by atoms with Crippen LogP contribution in [0.5, 0.6) is 0 Å². The summed E-state index contributed by atoms with van der Waals surface area (Å²) in [5, 5.41) is 0. The van der Waals surface area contributed by atoms with Crippen molar-refractivity contribution in [3.8, 4) is 0 Å². The normalized spacial score (nSPS) is 12.9. The van der Waals surface area contributed by atoms with Crippen molar-refractivity contribution < 1.29 is 13.7 Å². The molecule has 0 atom stereocenters. The van der Waals surface area contributed by atoms with Crippen molar-refractivity contribution in [3.63, 3.8) is 0 Å². The number of unbranched alkanes of at least 4 members (excludes halogenated alkanes) is 9. The third kappa shape index (κ3) is 6.06. The molecule has 178 valence electrons. The second kappa shape index (κ2) is 12.9. The van der Waals surface area contributed by atoms with Crippen LogP contribution in [-0.4, -0.2) is 0 Å². The fourth-order valence-corrected chi connectivity index (χ4v) is 16.1. The van der Waals surface area contributed by atoms with E-state index in [0.29, 0.717) is 0 Å². The van der Waals surface area contributed by atoms with Crippen molar-refractivity contribution >= 4 is 24.4 Å². The maximum atomic E-state index is 4.59. The molecule has 0 bridgehead atoms. The molecule has 0 amide bonds. The zero-order valence-electron chi connectivity index (χ0n) is 19.6. The second-order valence-electron chi connectivity index (χ2n) is 8.38. The molecule has 0 radical (unpaired) electrons. The van der Waals surface area contributed by atoms with Crippen molar-refractivity contribution in [2.24, 2.45) is 0 Å². The number of benzene rings is 3. The summed E-state index contributed by atoms with van der Waals surface area (Å²) < 4.78 is 5.57. The van der Waals surface area contributed by atoms with Crippen LogP contribution in [-0.2, 0) is 13.7 Å². The first-order chi connectivity index (χ1) is 15.7. The monoisotopic (exact) mass is 586 g/mol. The molecular formula is C30H40AgBr. The molecule has 0 spiro atoms. The summed E-state index contributed by atoms with van der Waals surface area (Å²) in [6.07, 6.45) is 13.7. The van der Waals surface area contributed by atoms with Gasteiger partial charge in [-0.3, -0.25) is 0 Å². The van der Waals surface area contributed by atoms with Gasteiger partial charge in [-0.05, 0) is 0 Å². The van der Waals surface area contributed by atoms with Crippen molar-refractivity contribution in [1.82, 2.24) is 0 Å². The Morgan fingerprint density at radius 3 is 1.12 bits per heavy atom. The third-order valence-corrected chi connectivity index (χ3v) is 21.0. The molecule has 0 aliphatic heterocycles. The van der Waals surface area contributed by atoms with E-state index in [4.69, 9.17) is 0 Å². The SMILES string of the molecule is CCCCCCCCCCC[CH2][Ag]([Br])([c]1ccccc1)([c]1ccccc1)[c]1ccccc1. The van der Waals surface area contributed by atoms with Gasteiger partial charge in [-0.15, -0.1) is 0 Å². The van der Waals surface area contributed by atoms with Crippen LogP contribution < -0.4 is 11.3 Å². The summed E-state index contributed by atoms with van der Waals surface area (Å²) >= 11 is 1.53. The Bertz CT molecular complexity index is 792. The van der Waals surface area contributed by atoms with Gasteiger partial charge in [0, 0.05) is 0 Å². The molecule has 0 nitrogen and oxygen atoms in total. The fraction of sp³-hybridized carbons (Fsp3) is 0.400. The summed E-state index contributed by atoms with van der Waals surface area (Å²) in [6, 6.07) is 33.7. The molecule has 32 heavy (non-hydrogen) atoms. The molecule has 0 saturated carbocycles. The molecule has 3 aromatic rings. The quantitative estimate of drug-likeness (QED) is 0.131. The van der Waals surface area contributed by atoms with E-state index in [2.05, 4.69) is 111 Å². The van der Waals surface area contributed by atoms with Crippen LogP contribution in [0.3, 0.4) is 0 Å². The average molecular weight is 588 g/mol. The van der Waals surface area contributed by atoms with Gasteiger partial charge in [-0.2, -0.15) is 0 Å². The number of halogens is 1. The third-order valence-electron chi connectivity index (χ3n) is 5.96. The standard InChI is InChI=1S/C12H25.3C6H5.Ag.BrH/c1-3-5-7-9-11-12-10-8-6-4-2;3*1-2-4-6-5-3-1;;/h1,3-12H2,2H3;3*1-5H;;1H/q;;;;+1;/p-1. The summed E-state index contributed by atoms with van der Waals surface area (Å²) in [6.45, 7) is 2.29. The molecule has 2 heteroatoms. The van der Waals surface area contributed by atoms with E-state index in [1.165, 1.54) is 80.2 Å². The molecule has 0 unspecified atom stereocenters. The van der Waals surface area contributed by atoms with Crippen LogP contribution in [0.4, 0.5) is 0 Å². The van der Waals surface area contributed by atoms with Gasteiger partial charge in [0.1, 0.15) is 0 Å². The van der Waals surface area contributed by atoms with Crippen molar-refractivity contribution in [3.05, 3.63) is 91.0 Å². The molecule has 0 aliphatic carbocycles. The van der Waals surface area contributed by atoms with E-state index >= 15 is 0 Å². The molecule has 0 aliphatic rings.